The molecule has 1 aromatic rings. The third-order valence-corrected chi connectivity index (χ3v) is 3.46. The Labute approximate surface area is 96.9 Å². The maximum absolute atomic E-state index is 5.72. The van der Waals surface area contributed by atoms with Crippen LogP contribution in [0.3, 0.4) is 0 Å². The fourth-order valence-electron chi connectivity index (χ4n) is 2.45. The minimum absolute atomic E-state index is 0.530. The molecule has 4 nitrogen and oxygen atoms in total. The van der Waals surface area contributed by atoms with Crippen molar-refractivity contribution < 1.29 is 0 Å². The molecule has 0 atom stereocenters. The number of rotatable bonds is 3. The molecule has 0 radical (unpaired) electrons. The molecule has 1 fully saturated rings. The van der Waals surface area contributed by atoms with Crippen molar-refractivity contribution in [2.24, 2.45) is 5.73 Å². The van der Waals surface area contributed by atoms with Gasteiger partial charge in [-0.05, 0) is 18.9 Å². The van der Waals surface area contributed by atoms with Crippen LogP contribution in [-0.4, -0.2) is 23.3 Å². The Morgan fingerprint density at radius 2 is 2.12 bits per heavy atom. The fraction of sp³-hybridized carbons (Fsp3) is 0.667. The van der Waals surface area contributed by atoms with Gasteiger partial charge in [0.25, 0.3) is 0 Å². The van der Waals surface area contributed by atoms with Crippen LogP contribution in [0.4, 0.5) is 5.82 Å². The van der Waals surface area contributed by atoms with Gasteiger partial charge in [0.05, 0.1) is 6.20 Å². The van der Waals surface area contributed by atoms with Gasteiger partial charge in [0.15, 0.2) is 5.82 Å². The quantitative estimate of drug-likeness (QED) is 0.842. The van der Waals surface area contributed by atoms with Crippen molar-refractivity contribution in [1.29, 1.82) is 0 Å². The van der Waals surface area contributed by atoms with Gasteiger partial charge < -0.3 is 10.6 Å². The van der Waals surface area contributed by atoms with Gasteiger partial charge in [-0.1, -0.05) is 19.3 Å². The smallest absolute Gasteiger partial charge is 0.155 e. The summed E-state index contributed by atoms with van der Waals surface area (Å²) in [6, 6.07) is 2.57. The summed E-state index contributed by atoms with van der Waals surface area (Å²) in [7, 11) is 2.11. The summed E-state index contributed by atoms with van der Waals surface area (Å²) in [6.07, 6.45) is 8.25. The number of hydrogen-bond donors (Lipinski definition) is 1. The molecule has 0 spiro atoms. The van der Waals surface area contributed by atoms with Crippen molar-refractivity contribution in [3.05, 3.63) is 17.8 Å². The van der Waals surface area contributed by atoms with Crippen LogP contribution in [-0.2, 0) is 6.54 Å². The van der Waals surface area contributed by atoms with Crippen molar-refractivity contribution in [3.63, 3.8) is 0 Å². The van der Waals surface area contributed by atoms with Crippen molar-refractivity contribution in [1.82, 2.24) is 10.2 Å². The highest BCUT2D eigenvalue weighted by Crippen LogP contribution is 2.26. The van der Waals surface area contributed by atoms with E-state index in [9.17, 15) is 0 Å². The first kappa shape index (κ1) is 11.3. The molecule has 2 N–H and O–H groups in total. The van der Waals surface area contributed by atoms with Crippen LogP contribution < -0.4 is 10.6 Å². The van der Waals surface area contributed by atoms with Crippen LogP contribution in [0.15, 0.2) is 12.3 Å². The van der Waals surface area contributed by atoms with Crippen molar-refractivity contribution in [2.75, 3.05) is 11.9 Å². The second-order valence-corrected chi connectivity index (χ2v) is 4.49. The fourth-order valence-corrected chi connectivity index (χ4v) is 2.45. The van der Waals surface area contributed by atoms with E-state index >= 15 is 0 Å². The molecule has 88 valence electrons. The highest BCUT2D eigenvalue weighted by molar-refractivity contribution is 5.45. The molecule has 0 bridgehead atoms. The molecular weight excluding hydrogens is 200 g/mol. The van der Waals surface area contributed by atoms with E-state index in [1.165, 1.54) is 32.1 Å². The van der Waals surface area contributed by atoms with Crippen LogP contribution in [0.25, 0.3) is 0 Å². The van der Waals surface area contributed by atoms with E-state index in [1.807, 2.05) is 6.07 Å². The van der Waals surface area contributed by atoms with Gasteiger partial charge >= 0.3 is 0 Å². The summed E-state index contributed by atoms with van der Waals surface area (Å²) < 4.78 is 0. The van der Waals surface area contributed by atoms with Gasteiger partial charge in [0, 0.05) is 25.2 Å². The lowest BCUT2D eigenvalue weighted by Crippen LogP contribution is -2.35. The lowest BCUT2D eigenvalue weighted by Gasteiger charge is -2.32. The summed E-state index contributed by atoms with van der Waals surface area (Å²) in [5, 5.41) is 8.18. The monoisotopic (exact) mass is 220 g/mol. The Bertz CT molecular complexity index is 334. The summed E-state index contributed by atoms with van der Waals surface area (Å²) in [5.74, 6) is 0.955. The summed E-state index contributed by atoms with van der Waals surface area (Å²) in [5.41, 5.74) is 6.81. The Balaban J connectivity index is 2.15. The molecule has 0 saturated heterocycles. The molecule has 1 aromatic heterocycles. The average Bonchev–Trinajstić information content (AvgIpc) is 2.39. The van der Waals surface area contributed by atoms with Crippen molar-refractivity contribution in [2.45, 2.75) is 44.7 Å². The zero-order chi connectivity index (χ0) is 11.4. The van der Waals surface area contributed by atoms with Crippen LogP contribution in [0, 0.1) is 0 Å². The molecule has 4 heteroatoms. The van der Waals surface area contributed by atoms with E-state index in [0.29, 0.717) is 12.6 Å². The van der Waals surface area contributed by atoms with E-state index < -0.39 is 0 Å². The zero-order valence-electron chi connectivity index (χ0n) is 9.89. The van der Waals surface area contributed by atoms with Crippen LogP contribution in [0.5, 0.6) is 0 Å². The molecule has 2 rings (SSSR count). The highest BCUT2D eigenvalue weighted by atomic mass is 15.3. The molecule has 1 heterocycles. The summed E-state index contributed by atoms with van der Waals surface area (Å²) in [4.78, 5) is 2.26. The third-order valence-electron chi connectivity index (χ3n) is 3.46. The van der Waals surface area contributed by atoms with Gasteiger partial charge in [0.2, 0.25) is 0 Å². The lowest BCUT2D eigenvalue weighted by molar-refractivity contribution is 0.425. The molecule has 0 amide bonds. The van der Waals surface area contributed by atoms with Gasteiger partial charge in [0.1, 0.15) is 0 Å². The molecule has 0 aliphatic heterocycles. The van der Waals surface area contributed by atoms with E-state index in [1.54, 1.807) is 6.20 Å². The minimum Gasteiger partial charge on any atom is -0.355 e. The normalized spacial score (nSPS) is 17.4. The Morgan fingerprint density at radius 3 is 2.81 bits per heavy atom. The molecule has 1 saturated carbocycles. The standard InChI is InChI=1S/C12H20N4/c1-16(11-5-3-2-4-6-11)12-10(9-13)7-8-14-15-12/h7-8,11H,2-6,9,13H2,1H3. The summed E-state index contributed by atoms with van der Waals surface area (Å²) >= 11 is 0. The first-order valence-corrected chi connectivity index (χ1v) is 6.06. The zero-order valence-corrected chi connectivity index (χ0v) is 9.89. The van der Waals surface area contributed by atoms with Crippen molar-refractivity contribution >= 4 is 5.82 Å². The molecule has 1 aliphatic carbocycles. The van der Waals surface area contributed by atoms with Crippen molar-refractivity contribution in [3.8, 4) is 0 Å². The van der Waals surface area contributed by atoms with E-state index in [4.69, 9.17) is 5.73 Å². The topological polar surface area (TPSA) is 55.0 Å². The highest BCUT2D eigenvalue weighted by Gasteiger charge is 2.20. The average molecular weight is 220 g/mol. The number of anilines is 1. The maximum atomic E-state index is 5.72. The predicted octanol–water partition coefficient (Wildman–Crippen LogP) is 1.70. The van der Waals surface area contributed by atoms with Crippen LogP contribution in [0.1, 0.15) is 37.7 Å². The molecule has 0 aromatic carbocycles. The molecule has 1 aliphatic rings. The third kappa shape index (κ3) is 2.32. The van der Waals surface area contributed by atoms with Gasteiger partial charge in [-0.25, -0.2) is 0 Å². The minimum atomic E-state index is 0.530. The number of nitrogens with two attached hydrogens (primary N) is 1. The number of hydrogen-bond acceptors (Lipinski definition) is 4. The largest absolute Gasteiger partial charge is 0.355 e. The Hall–Kier alpha value is -1.16. The Kier molecular flexibility index (Phi) is 3.72. The lowest BCUT2D eigenvalue weighted by atomic mass is 9.94. The maximum Gasteiger partial charge on any atom is 0.155 e. The van der Waals surface area contributed by atoms with E-state index in [0.717, 1.165) is 11.4 Å². The number of nitrogens with zero attached hydrogens (tertiary/aromatic N) is 3. The molecular formula is C12H20N4. The number of aromatic nitrogens is 2. The van der Waals surface area contributed by atoms with Crippen LogP contribution in [0.2, 0.25) is 0 Å². The molecule has 16 heavy (non-hydrogen) atoms. The van der Waals surface area contributed by atoms with Crippen LogP contribution >= 0.6 is 0 Å². The first-order valence-electron chi connectivity index (χ1n) is 6.06. The molecule has 0 unspecified atom stereocenters. The van der Waals surface area contributed by atoms with Gasteiger partial charge in [-0.15, -0.1) is 5.10 Å². The SMILES string of the molecule is CN(c1nnccc1CN)C1CCCCC1. The first-order chi connectivity index (χ1) is 7.83. The van der Waals surface area contributed by atoms with Gasteiger partial charge in [-0.3, -0.25) is 0 Å². The second-order valence-electron chi connectivity index (χ2n) is 4.49. The summed E-state index contributed by atoms with van der Waals surface area (Å²) in [6.45, 7) is 0.530. The van der Waals surface area contributed by atoms with E-state index in [-0.39, 0.29) is 0 Å². The predicted molar refractivity (Wildman–Crippen MR) is 65.2 cm³/mol. The van der Waals surface area contributed by atoms with Gasteiger partial charge in [-0.2, -0.15) is 5.10 Å². The second kappa shape index (κ2) is 5.25. The van der Waals surface area contributed by atoms with E-state index in [2.05, 4.69) is 22.1 Å². The Morgan fingerprint density at radius 1 is 1.38 bits per heavy atom.